The zero-order valence-corrected chi connectivity index (χ0v) is 13.7. The molecule has 0 aliphatic rings. The van der Waals surface area contributed by atoms with Gasteiger partial charge in [-0.3, -0.25) is 4.31 Å². The average molecular weight is 322 g/mol. The molecule has 0 aliphatic carbocycles. The minimum Gasteiger partial charge on any atom is -0.477 e. The smallest absolute Gasteiger partial charge is 0.352 e. The number of nitrogens with zero attached hydrogens (tertiary/aromatic N) is 2. The van der Waals surface area contributed by atoms with E-state index in [0.29, 0.717) is 5.69 Å². The highest BCUT2D eigenvalue weighted by atomic mass is 32.2. The fourth-order valence-electron chi connectivity index (χ4n) is 2.23. The van der Waals surface area contributed by atoms with Gasteiger partial charge in [-0.05, 0) is 37.1 Å². The molecule has 7 heteroatoms. The molecule has 1 aromatic heterocycles. The Balaban J connectivity index is 2.52. The van der Waals surface area contributed by atoms with Crippen LogP contribution < -0.4 is 4.31 Å². The van der Waals surface area contributed by atoms with Crippen molar-refractivity contribution in [3.8, 4) is 0 Å². The van der Waals surface area contributed by atoms with E-state index < -0.39 is 16.0 Å². The predicted octanol–water partition coefficient (Wildman–Crippen LogP) is 2.17. The molecule has 0 aliphatic heterocycles. The van der Waals surface area contributed by atoms with Gasteiger partial charge in [0, 0.05) is 20.3 Å². The second kappa shape index (κ2) is 5.49. The van der Waals surface area contributed by atoms with Crippen LogP contribution in [0.2, 0.25) is 0 Å². The van der Waals surface area contributed by atoms with Crippen molar-refractivity contribution in [1.29, 1.82) is 0 Å². The Morgan fingerprint density at radius 1 is 1.23 bits per heavy atom. The lowest BCUT2D eigenvalue weighted by Crippen LogP contribution is -2.27. The number of hydrogen-bond acceptors (Lipinski definition) is 3. The second-order valence-corrected chi connectivity index (χ2v) is 7.21. The lowest BCUT2D eigenvalue weighted by Gasteiger charge is -2.21. The Morgan fingerprint density at radius 3 is 2.41 bits per heavy atom. The largest absolute Gasteiger partial charge is 0.477 e. The summed E-state index contributed by atoms with van der Waals surface area (Å²) >= 11 is 0. The van der Waals surface area contributed by atoms with Gasteiger partial charge >= 0.3 is 5.97 Å². The van der Waals surface area contributed by atoms with Crippen molar-refractivity contribution in [3.63, 3.8) is 0 Å². The molecule has 1 heterocycles. The molecule has 0 amide bonds. The maximum Gasteiger partial charge on any atom is 0.352 e. The molecular formula is C15H18N2O4S. The molecule has 0 saturated carbocycles. The first kappa shape index (κ1) is 16.1. The van der Waals surface area contributed by atoms with E-state index in [1.165, 1.54) is 35.2 Å². The summed E-state index contributed by atoms with van der Waals surface area (Å²) in [5.74, 6) is -1.17. The number of anilines is 1. The zero-order valence-electron chi connectivity index (χ0n) is 12.9. The maximum atomic E-state index is 12.7. The van der Waals surface area contributed by atoms with Gasteiger partial charge in [-0.2, -0.15) is 0 Å². The lowest BCUT2D eigenvalue weighted by atomic mass is 10.1. The molecule has 1 N–H and O–H groups in total. The number of rotatable bonds is 4. The summed E-state index contributed by atoms with van der Waals surface area (Å²) in [5.41, 5.74) is 2.27. The van der Waals surface area contributed by atoms with Gasteiger partial charge in [0.2, 0.25) is 0 Å². The van der Waals surface area contributed by atoms with Crippen molar-refractivity contribution in [2.45, 2.75) is 18.7 Å². The summed E-state index contributed by atoms with van der Waals surface area (Å²) in [6, 6.07) is 6.71. The number of carboxylic acid groups (broad SMARTS) is 1. The van der Waals surface area contributed by atoms with Gasteiger partial charge < -0.3 is 9.67 Å². The quantitative estimate of drug-likeness (QED) is 0.935. The van der Waals surface area contributed by atoms with E-state index >= 15 is 0 Å². The summed E-state index contributed by atoms with van der Waals surface area (Å²) < 4.78 is 27.9. The highest BCUT2D eigenvalue weighted by molar-refractivity contribution is 7.92. The molecule has 0 saturated heterocycles. The van der Waals surface area contributed by atoms with Crippen LogP contribution in [0, 0.1) is 13.8 Å². The first-order valence-electron chi connectivity index (χ1n) is 6.60. The van der Waals surface area contributed by atoms with Crippen molar-refractivity contribution in [2.24, 2.45) is 7.05 Å². The Hall–Kier alpha value is -2.28. The molecule has 0 atom stereocenters. The minimum absolute atomic E-state index is 0.0455. The molecule has 1 aromatic carbocycles. The fraction of sp³-hybridized carbons (Fsp3) is 0.267. The second-order valence-electron chi connectivity index (χ2n) is 5.24. The van der Waals surface area contributed by atoms with Crippen LogP contribution in [0.1, 0.15) is 21.6 Å². The highest BCUT2D eigenvalue weighted by Gasteiger charge is 2.26. The summed E-state index contributed by atoms with van der Waals surface area (Å²) in [6.07, 6.45) is 1.31. The van der Waals surface area contributed by atoms with Crippen molar-refractivity contribution in [1.82, 2.24) is 4.57 Å². The number of hydrogen-bond donors (Lipinski definition) is 1. The summed E-state index contributed by atoms with van der Waals surface area (Å²) in [5, 5.41) is 9.05. The van der Waals surface area contributed by atoms with E-state index in [0.717, 1.165) is 11.1 Å². The van der Waals surface area contributed by atoms with E-state index in [-0.39, 0.29) is 10.6 Å². The zero-order chi connectivity index (χ0) is 16.7. The monoisotopic (exact) mass is 322 g/mol. The third-order valence-corrected chi connectivity index (χ3v) is 5.30. The molecule has 0 radical (unpaired) electrons. The topological polar surface area (TPSA) is 79.6 Å². The van der Waals surface area contributed by atoms with Crippen molar-refractivity contribution < 1.29 is 18.3 Å². The summed E-state index contributed by atoms with van der Waals surface area (Å²) in [6.45, 7) is 3.71. The van der Waals surface area contributed by atoms with Gasteiger partial charge in [0.1, 0.15) is 10.6 Å². The fourth-order valence-corrected chi connectivity index (χ4v) is 3.56. The van der Waals surface area contributed by atoms with E-state index in [1.54, 1.807) is 6.07 Å². The van der Waals surface area contributed by atoms with Gasteiger partial charge in [-0.25, -0.2) is 13.2 Å². The minimum atomic E-state index is -3.82. The van der Waals surface area contributed by atoms with Crippen LogP contribution in [-0.4, -0.2) is 31.1 Å². The number of carbonyl (C=O) groups is 1. The van der Waals surface area contributed by atoms with Crippen molar-refractivity contribution >= 4 is 21.7 Å². The van der Waals surface area contributed by atoms with E-state index in [4.69, 9.17) is 5.11 Å². The Bertz CT molecular complexity index is 837. The van der Waals surface area contributed by atoms with Crippen LogP contribution in [0.3, 0.4) is 0 Å². The van der Waals surface area contributed by atoms with Gasteiger partial charge in [-0.1, -0.05) is 12.1 Å². The van der Waals surface area contributed by atoms with Gasteiger partial charge in [0.15, 0.2) is 0 Å². The van der Waals surface area contributed by atoms with E-state index in [9.17, 15) is 13.2 Å². The Morgan fingerprint density at radius 2 is 1.86 bits per heavy atom. The van der Waals surface area contributed by atoms with Crippen molar-refractivity contribution in [3.05, 3.63) is 47.3 Å². The molecule has 118 valence electrons. The lowest BCUT2D eigenvalue weighted by molar-refractivity contribution is 0.0686. The van der Waals surface area contributed by atoms with Crippen LogP contribution in [-0.2, 0) is 17.1 Å². The normalized spacial score (nSPS) is 11.5. The number of benzene rings is 1. The molecule has 2 rings (SSSR count). The maximum absolute atomic E-state index is 12.7. The first-order chi connectivity index (χ1) is 10.1. The summed E-state index contributed by atoms with van der Waals surface area (Å²) in [4.78, 5) is 11.0. The van der Waals surface area contributed by atoms with Crippen molar-refractivity contribution in [2.75, 3.05) is 11.4 Å². The standard InChI is InChI=1S/C15H18N2O4S/c1-10-5-6-11(2)13(7-10)17(4)22(20,21)12-8-14(15(18)19)16(3)9-12/h5-9H,1-4H3,(H,18,19). The third-order valence-electron chi connectivity index (χ3n) is 3.56. The number of aromatic carboxylic acids is 1. The Kier molecular flexibility index (Phi) is 4.02. The van der Waals surface area contributed by atoms with E-state index in [2.05, 4.69) is 0 Å². The molecule has 0 fully saturated rings. The molecule has 6 nitrogen and oxygen atoms in total. The predicted molar refractivity (Wildman–Crippen MR) is 83.9 cm³/mol. The van der Waals surface area contributed by atoms with Crippen LogP contribution in [0.15, 0.2) is 35.4 Å². The van der Waals surface area contributed by atoms with Crippen LogP contribution in [0.25, 0.3) is 0 Å². The number of sulfonamides is 1. The van der Waals surface area contributed by atoms with Crippen LogP contribution >= 0.6 is 0 Å². The van der Waals surface area contributed by atoms with Crippen LogP contribution in [0.4, 0.5) is 5.69 Å². The van der Waals surface area contributed by atoms with Gasteiger partial charge in [-0.15, -0.1) is 0 Å². The third kappa shape index (κ3) is 2.71. The number of aryl methyl sites for hydroxylation is 3. The molecule has 0 bridgehead atoms. The molecule has 2 aromatic rings. The first-order valence-corrected chi connectivity index (χ1v) is 8.04. The molecular weight excluding hydrogens is 304 g/mol. The van der Waals surface area contributed by atoms with E-state index in [1.807, 2.05) is 26.0 Å². The number of carboxylic acids is 1. The highest BCUT2D eigenvalue weighted by Crippen LogP contribution is 2.27. The number of aromatic nitrogens is 1. The van der Waals surface area contributed by atoms with Crippen LogP contribution in [0.5, 0.6) is 0 Å². The Labute approximate surface area is 129 Å². The van der Waals surface area contributed by atoms with Gasteiger partial charge in [0.05, 0.1) is 5.69 Å². The summed E-state index contributed by atoms with van der Waals surface area (Å²) in [7, 11) is -0.854. The molecule has 0 unspecified atom stereocenters. The SMILES string of the molecule is Cc1ccc(C)c(N(C)S(=O)(=O)c2cc(C(=O)O)n(C)c2)c1. The molecule has 0 spiro atoms. The molecule has 22 heavy (non-hydrogen) atoms. The van der Waals surface area contributed by atoms with Gasteiger partial charge in [0.25, 0.3) is 10.0 Å². The average Bonchev–Trinajstić information content (AvgIpc) is 2.83.